The molecule has 0 aliphatic heterocycles. The van der Waals surface area contributed by atoms with Crippen molar-refractivity contribution in [2.75, 3.05) is 20.8 Å². The minimum Gasteiger partial charge on any atom is -0.493 e. The first-order chi connectivity index (χ1) is 13.9. The van der Waals surface area contributed by atoms with E-state index in [0.717, 1.165) is 6.07 Å². The number of benzene rings is 2. The highest BCUT2D eigenvalue weighted by Crippen LogP contribution is 2.33. The fourth-order valence-electron chi connectivity index (χ4n) is 2.11. The summed E-state index contributed by atoms with van der Waals surface area (Å²) in [6.07, 6.45) is 1.32. The number of nitriles is 1. The summed E-state index contributed by atoms with van der Waals surface area (Å²) in [5, 5.41) is 12.5. The van der Waals surface area contributed by atoms with Crippen LogP contribution in [0.1, 0.15) is 21.5 Å². The number of carbonyl (C=O) groups excluding carboxylic acids is 2. The number of hydrogen-bond donors (Lipinski definition) is 1. The van der Waals surface area contributed by atoms with E-state index in [-0.39, 0.29) is 17.7 Å². The third-order valence-corrected chi connectivity index (χ3v) is 4.26. The van der Waals surface area contributed by atoms with E-state index >= 15 is 0 Å². The van der Waals surface area contributed by atoms with Crippen LogP contribution in [-0.4, -0.2) is 38.9 Å². The number of esters is 1. The summed E-state index contributed by atoms with van der Waals surface area (Å²) in [6.45, 7) is -0.293. The van der Waals surface area contributed by atoms with Gasteiger partial charge in [0.2, 0.25) is 0 Å². The van der Waals surface area contributed by atoms with Gasteiger partial charge in [-0.3, -0.25) is 4.79 Å². The molecule has 0 heterocycles. The molecule has 1 N–H and O–H groups in total. The molecule has 0 saturated heterocycles. The molecule has 2 aromatic rings. The Morgan fingerprint density at radius 2 is 2.03 bits per heavy atom. The summed E-state index contributed by atoms with van der Waals surface area (Å²) in [4.78, 5) is 23.3. The van der Waals surface area contributed by atoms with Gasteiger partial charge in [-0.1, -0.05) is 0 Å². The lowest BCUT2D eigenvalue weighted by Crippen LogP contribution is -2.19. The molecule has 0 unspecified atom stereocenters. The summed E-state index contributed by atoms with van der Waals surface area (Å²) >= 11 is 3.33. The maximum absolute atomic E-state index is 13.9. The molecule has 29 heavy (non-hydrogen) atoms. The Morgan fingerprint density at radius 1 is 1.28 bits per heavy atom. The second-order valence-corrected chi connectivity index (χ2v) is 6.25. The molecular weight excluding hydrogens is 449 g/mol. The summed E-state index contributed by atoms with van der Waals surface area (Å²) in [7, 11) is 2.67. The number of hydrogen-bond acceptors (Lipinski definition) is 7. The van der Waals surface area contributed by atoms with Gasteiger partial charge in [0.15, 0.2) is 18.1 Å². The first kappa shape index (κ1) is 21.8. The lowest BCUT2D eigenvalue weighted by molar-refractivity contribution is -0.142. The highest BCUT2D eigenvalue weighted by atomic mass is 79.9. The van der Waals surface area contributed by atoms with E-state index in [1.165, 1.54) is 32.6 Å². The zero-order valence-corrected chi connectivity index (χ0v) is 16.9. The van der Waals surface area contributed by atoms with Crippen molar-refractivity contribution in [3.05, 3.63) is 57.3 Å². The van der Waals surface area contributed by atoms with E-state index in [4.69, 9.17) is 14.7 Å². The van der Waals surface area contributed by atoms with Crippen LogP contribution in [0.15, 0.2) is 39.9 Å². The molecule has 0 bridgehead atoms. The Hall–Kier alpha value is -3.45. The van der Waals surface area contributed by atoms with Crippen LogP contribution < -0.4 is 14.9 Å². The van der Waals surface area contributed by atoms with E-state index < -0.39 is 17.7 Å². The number of ether oxygens (including phenoxy) is 3. The van der Waals surface area contributed by atoms with E-state index in [9.17, 15) is 14.0 Å². The molecular formula is C19H15BrFN3O5. The molecule has 2 aromatic carbocycles. The van der Waals surface area contributed by atoms with Crippen molar-refractivity contribution in [2.24, 2.45) is 5.10 Å². The molecule has 8 nitrogen and oxygen atoms in total. The van der Waals surface area contributed by atoms with Gasteiger partial charge >= 0.3 is 5.97 Å². The number of nitrogens with one attached hydrogen (secondary N) is 1. The number of methoxy groups -OCH3 is 2. The first-order valence-corrected chi connectivity index (χ1v) is 8.79. The second-order valence-electron chi connectivity index (χ2n) is 5.39. The fraction of sp³-hybridized carbons (Fsp3) is 0.158. The van der Waals surface area contributed by atoms with Gasteiger partial charge in [0.25, 0.3) is 5.91 Å². The molecule has 10 heteroatoms. The third-order valence-electron chi connectivity index (χ3n) is 3.57. The number of amides is 1. The highest BCUT2D eigenvalue weighted by Gasteiger charge is 2.13. The average molecular weight is 464 g/mol. The van der Waals surface area contributed by atoms with Gasteiger partial charge in [0, 0.05) is 10.0 Å². The maximum atomic E-state index is 13.9. The number of carbonyl (C=O) groups is 2. The Labute approximate surface area is 174 Å². The van der Waals surface area contributed by atoms with Crippen LogP contribution >= 0.6 is 15.9 Å². The van der Waals surface area contributed by atoms with Gasteiger partial charge < -0.3 is 14.2 Å². The number of halogens is 2. The lowest BCUT2D eigenvalue weighted by atomic mass is 10.1. The summed E-state index contributed by atoms with van der Waals surface area (Å²) in [5.41, 5.74) is 2.59. The van der Waals surface area contributed by atoms with Crippen molar-refractivity contribution in [1.29, 1.82) is 5.26 Å². The SMILES string of the molecule is COC(=O)COc1cc(Br)c(C=NNC(=O)c2ccc(C#N)cc2F)cc1OC. The number of nitrogens with zero attached hydrogens (tertiary/aromatic N) is 2. The lowest BCUT2D eigenvalue weighted by Gasteiger charge is -2.11. The normalized spacial score (nSPS) is 10.3. The van der Waals surface area contributed by atoms with Crippen LogP contribution in [-0.2, 0) is 9.53 Å². The van der Waals surface area contributed by atoms with E-state index in [0.29, 0.717) is 21.5 Å². The second kappa shape index (κ2) is 10.2. The van der Waals surface area contributed by atoms with Crippen LogP contribution in [0.25, 0.3) is 0 Å². The molecule has 0 aliphatic rings. The Bertz CT molecular complexity index is 1000. The van der Waals surface area contributed by atoms with E-state index in [2.05, 4.69) is 31.2 Å². The third kappa shape index (κ3) is 5.76. The standard InChI is InChI=1S/C19H15BrFN3O5/c1-27-16-6-12(14(20)7-17(16)29-10-18(25)28-2)9-23-24-19(26)13-4-3-11(8-22)5-15(13)21/h3-7,9H,10H2,1-2H3,(H,24,26). The van der Waals surface area contributed by atoms with Gasteiger partial charge in [-0.2, -0.15) is 10.4 Å². The predicted octanol–water partition coefficient (Wildman–Crippen LogP) is 2.78. The number of rotatable bonds is 7. The van der Waals surface area contributed by atoms with E-state index in [1.807, 2.05) is 0 Å². The molecule has 1 amide bonds. The first-order valence-electron chi connectivity index (χ1n) is 7.99. The molecule has 0 fully saturated rings. The molecule has 0 aliphatic carbocycles. The minimum atomic E-state index is -0.827. The van der Waals surface area contributed by atoms with Crippen LogP contribution in [0.5, 0.6) is 11.5 Å². The van der Waals surface area contributed by atoms with Crippen molar-refractivity contribution in [3.63, 3.8) is 0 Å². The van der Waals surface area contributed by atoms with Crippen LogP contribution in [0, 0.1) is 17.1 Å². The van der Waals surface area contributed by atoms with Crippen molar-refractivity contribution in [1.82, 2.24) is 5.43 Å². The molecule has 0 radical (unpaired) electrons. The quantitative estimate of drug-likeness (QED) is 0.384. The topological polar surface area (TPSA) is 110 Å². The average Bonchev–Trinajstić information content (AvgIpc) is 2.72. The molecule has 0 spiro atoms. The smallest absolute Gasteiger partial charge is 0.343 e. The maximum Gasteiger partial charge on any atom is 0.343 e. The zero-order valence-electron chi connectivity index (χ0n) is 15.4. The number of hydrazone groups is 1. The summed E-state index contributed by atoms with van der Waals surface area (Å²) < 4.78 is 29.5. The van der Waals surface area contributed by atoms with Gasteiger partial charge in [-0.25, -0.2) is 14.6 Å². The van der Waals surface area contributed by atoms with Gasteiger partial charge in [-0.15, -0.1) is 0 Å². The zero-order chi connectivity index (χ0) is 21.4. The van der Waals surface area contributed by atoms with E-state index in [1.54, 1.807) is 18.2 Å². The van der Waals surface area contributed by atoms with Crippen LogP contribution in [0.2, 0.25) is 0 Å². The Balaban J connectivity index is 2.13. The highest BCUT2D eigenvalue weighted by molar-refractivity contribution is 9.10. The largest absolute Gasteiger partial charge is 0.493 e. The molecule has 0 saturated carbocycles. The van der Waals surface area contributed by atoms with Crippen molar-refractivity contribution >= 4 is 34.0 Å². The van der Waals surface area contributed by atoms with Gasteiger partial charge in [-0.05, 0) is 46.3 Å². The molecule has 0 atom stereocenters. The molecule has 150 valence electrons. The van der Waals surface area contributed by atoms with Crippen molar-refractivity contribution in [2.45, 2.75) is 0 Å². The van der Waals surface area contributed by atoms with Crippen molar-refractivity contribution < 1.29 is 28.2 Å². The summed E-state index contributed by atoms with van der Waals surface area (Å²) in [5.74, 6) is -1.53. The summed E-state index contributed by atoms with van der Waals surface area (Å²) in [6, 6.07) is 8.40. The van der Waals surface area contributed by atoms with Gasteiger partial charge in [0.1, 0.15) is 5.82 Å². The van der Waals surface area contributed by atoms with Gasteiger partial charge in [0.05, 0.1) is 37.6 Å². The van der Waals surface area contributed by atoms with Crippen LogP contribution in [0.4, 0.5) is 4.39 Å². The fourth-order valence-corrected chi connectivity index (χ4v) is 2.53. The Kier molecular flexibility index (Phi) is 7.68. The molecule has 0 aromatic heterocycles. The monoisotopic (exact) mass is 463 g/mol. The predicted molar refractivity (Wildman–Crippen MR) is 104 cm³/mol. The van der Waals surface area contributed by atoms with Crippen LogP contribution in [0.3, 0.4) is 0 Å². The van der Waals surface area contributed by atoms with Crippen molar-refractivity contribution in [3.8, 4) is 17.6 Å². The minimum absolute atomic E-state index is 0.105. The Morgan fingerprint density at radius 3 is 2.66 bits per heavy atom. The molecule has 2 rings (SSSR count).